The number of carbonyl (C=O) groups excluding carboxylic acids is 1. The first-order chi connectivity index (χ1) is 6.20. The van der Waals surface area contributed by atoms with E-state index in [0.717, 1.165) is 0 Å². The summed E-state index contributed by atoms with van der Waals surface area (Å²) >= 11 is 0. The van der Waals surface area contributed by atoms with Gasteiger partial charge in [-0.05, 0) is 6.92 Å². The molecule has 0 saturated heterocycles. The van der Waals surface area contributed by atoms with Gasteiger partial charge in [0.1, 0.15) is 6.07 Å². The first-order valence-corrected chi connectivity index (χ1v) is 3.53. The largest absolute Gasteiger partial charge is 0.461 e. The van der Waals surface area contributed by atoms with Crippen molar-refractivity contribution in [2.45, 2.75) is 6.92 Å². The fourth-order valence-corrected chi connectivity index (χ4v) is 0.750. The molecule has 1 rings (SSSR count). The lowest BCUT2D eigenvalue weighted by Gasteiger charge is -1.95. The van der Waals surface area contributed by atoms with Crippen molar-refractivity contribution in [1.82, 2.24) is 5.16 Å². The number of carbonyl (C=O) groups is 1. The molecular weight excluding hydrogens is 174 g/mol. The lowest BCUT2D eigenvalue weighted by molar-refractivity contribution is 0.0514. The van der Waals surface area contributed by atoms with Crippen LogP contribution in [0.5, 0.6) is 0 Å². The Kier molecular flexibility index (Phi) is 2.50. The van der Waals surface area contributed by atoms with E-state index in [2.05, 4.69) is 14.4 Å². The monoisotopic (exact) mass is 181 g/mol. The molecular formula is C7H7N3O3. The fraction of sp³-hybridized carbons (Fsp3) is 0.286. The Balaban J connectivity index is 3.02. The molecule has 0 fully saturated rings. The van der Waals surface area contributed by atoms with E-state index in [-0.39, 0.29) is 23.7 Å². The standard InChI is InChI=1S/C7H7N3O3/c1-2-12-7(11)5-4(3-8)6(9)13-10-5/h2,9H2,1H3. The van der Waals surface area contributed by atoms with E-state index in [1.807, 2.05) is 0 Å². The van der Waals surface area contributed by atoms with E-state index in [0.29, 0.717) is 0 Å². The maximum Gasteiger partial charge on any atom is 0.362 e. The average molecular weight is 181 g/mol. The molecule has 0 amide bonds. The summed E-state index contributed by atoms with van der Waals surface area (Å²) in [6.45, 7) is 1.85. The number of hydrogen-bond acceptors (Lipinski definition) is 6. The number of hydrogen-bond donors (Lipinski definition) is 1. The summed E-state index contributed by atoms with van der Waals surface area (Å²) in [6.07, 6.45) is 0. The summed E-state index contributed by atoms with van der Waals surface area (Å²) in [4.78, 5) is 11.1. The Bertz CT molecular complexity index is 364. The second kappa shape index (κ2) is 3.58. The van der Waals surface area contributed by atoms with Crippen molar-refractivity contribution in [3.63, 3.8) is 0 Å². The molecule has 68 valence electrons. The molecule has 1 heterocycles. The van der Waals surface area contributed by atoms with Gasteiger partial charge in [0.25, 0.3) is 0 Å². The number of aromatic nitrogens is 1. The molecule has 0 radical (unpaired) electrons. The van der Waals surface area contributed by atoms with Gasteiger partial charge in [0.2, 0.25) is 11.6 Å². The van der Waals surface area contributed by atoms with Crippen LogP contribution in [0.15, 0.2) is 4.52 Å². The van der Waals surface area contributed by atoms with E-state index < -0.39 is 5.97 Å². The number of nitrogen functional groups attached to an aromatic ring is 1. The van der Waals surface area contributed by atoms with Crippen LogP contribution in [0.1, 0.15) is 23.0 Å². The van der Waals surface area contributed by atoms with E-state index in [1.165, 1.54) is 0 Å². The molecule has 0 unspecified atom stereocenters. The minimum absolute atomic E-state index is 0.0848. The zero-order valence-corrected chi connectivity index (χ0v) is 6.90. The van der Waals surface area contributed by atoms with Crippen LogP contribution in [-0.2, 0) is 4.74 Å². The van der Waals surface area contributed by atoms with Crippen LogP contribution in [0.25, 0.3) is 0 Å². The maximum atomic E-state index is 11.1. The minimum atomic E-state index is -0.709. The van der Waals surface area contributed by atoms with Crippen LogP contribution in [0.2, 0.25) is 0 Å². The van der Waals surface area contributed by atoms with E-state index >= 15 is 0 Å². The highest BCUT2D eigenvalue weighted by molar-refractivity contribution is 5.91. The minimum Gasteiger partial charge on any atom is -0.461 e. The van der Waals surface area contributed by atoms with Gasteiger partial charge in [-0.1, -0.05) is 5.16 Å². The second-order valence-electron chi connectivity index (χ2n) is 2.10. The summed E-state index contributed by atoms with van der Waals surface area (Å²) in [6, 6.07) is 1.70. The van der Waals surface area contributed by atoms with Gasteiger partial charge in [-0.3, -0.25) is 0 Å². The number of ether oxygens (including phenoxy) is 1. The lowest BCUT2D eigenvalue weighted by atomic mass is 10.2. The van der Waals surface area contributed by atoms with Crippen LogP contribution in [0.3, 0.4) is 0 Å². The molecule has 0 bridgehead atoms. The molecule has 0 aromatic carbocycles. The summed E-state index contributed by atoms with van der Waals surface area (Å²) in [5.41, 5.74) is 4.96. The van der Waals surface area contributed by atoms with Gasteiger partial charge in [0, 0.05) is 0 Å². The van der Waals surface area contributed by atoms with Gasteiger partial charge in [-0.15, -0.1) is 0 Å². The van der Waals surface area contributed by atoms with Crippen molar-refractivity contribution in [3.05, 3.63) is 11.3 Å². The van der Waals surface area contributed by atoms with Crippen LogP contribution >= 0.6 is 0 Å². The number of rotatable bonds is 2. The SMILES string of the molecule is CCOC(=O)c1noc(N)c1C#N. The Morgan fingerprint density at radius 3 is 3.08 bits per heavy atom. The second-order valence-corrected chi connectivity index (χ2v) is 2.10. The fourth-order valence-electron chi connectivity index (χ4n) is 0.750. The van der Waals surface area contributed by atoms with Crippen molar-refractivity contribution in [3.8, 4) is 6.07 Å². The molecule has 0 aliphatic rings. The van der Waals surface area contributed by atoms with Crippen LogP contribution in [-0.4, -0.2) is 17.7 Å². The van der Waals surface area contributed by atoms with Crippen LogP contribution < -0.4 is 5.73 Å². The zero-order valence-electron chi connectivity index (χ0n) is 6.90. The Morgan fingerprint density at radius 1 is 1.85 bits per heavy atom. The Morgan fingerprint density at radius 2 is 2.54 bits per heavy atom. The van der Waals surface area contributed by atoms with Gasteiger partial charge < -0.3 is 15.0 Å². The third kappa shape index (κ3) is 1.59. The van der Waals surface area contributed by atoms with Gasteiger partial charge in [-0.2, -0.15) is 5.26 Å². The highest BCUT2D eigenvalue weighted by Gasteiger charge is 2.21. The van der Waals surface area contributed by atoms with Crippen molar-refractivity contribution in [2.24, 2.45) is 0 Å². The van der Waals surface area contributed by atoms with Crippen LogP contribution in [0, 0.1) is 11.3 Å². The van der Waals surface area contributed by atoms with Crippen molar-refractivity contribution < 1.29 is 14.1 Å². The van der Waals surface area contributed by atoms with Gasteiger partial charge >= 0.3 is 5.97 Å². The van der Waals surface area contributed by atoms with Gasteiger partial charge in [-0.25, -0.2) is 4.79 Å². The van der Waals surface area contributed by atoms with Crippen molar-refractivity contribution >= 4 is 11.9 Å². The first kappa shape index (κ1) is 9.06. The highest BCUT2D eigenvalue weighted by Crippen LogP contribution is 2.15. The molecule has 0 spiro atoms. The van der Waals surface area contributed by atoms with E-state index in [1.54, 1.807) is 13.0 Å². The van der Waals surface area contributed by atoms with Gasteiger partial charge in [0.05, 0.1) is 6.61 Å². The van der Waals surface area contributed by atoms with E-state index in [9.17, 15) is 4.79 Å². The zero-order chi connectivity index (χ0) is 9.84. The van der Waals surface area contributed by atoms with Gasteiger partial charge in [0.15, 0.2) is 5.56 Å². The number of anilines is 1. The van der Waals surface area contributed by atoms with Crippen molar-refractivity contribution in [1.29, 1.82) is 5.26 Å². The molecule has 6 nitrogen and oxygen atoms in total. The molecule has 0 atom stereocenters. The topological polar surface area (TPSA) is 102 Å². The molecule has 6 heteroatoms. The highest BCUT2D eigenvalue weighted by atomic mass is 16.5. The normalized spacial score (nSPS) is 9.23. The summed E-state index contributed by atoms with van der Waals surface area (Å²) in [5, 5.41) is 11.9. The summed E-state index contributed by atoms with van der Waals surface area (Å²) in [5.74, 6) is -0.884. The predicted molar refractivity (Wildman–Crippen MR) is 41.6 cm³/mol. The third-order valence-electron chi connectivity index (χ3n) is 1.30. The van der Waals surface area contributed by atoms with E-state index in [4.69, 9.17) is 11.0 Å². The molecule has 0 aliphatic carbocycles. The molecule has 1 aromatic rings. The number of nitriles is 1. The Labute approximate surface area is 73.9 Å². The quantitative estimate of drug-likeness (QED) is 0.658. The lowest BCUT2D eigenvalue weighted by Crippen LogP contribution is -2.06. The third-order valence-corrected chi connectivity index (χ3v) is 1.30. The first-order valence-electron chi connectivity index (χ1n) is 3.53. The molecule has 13 heavy (non-hydrogen) atoms. The predicted octanol–water partition coefficient (Wildman–Crippen LogP) is 0.305. The Hall–Kier alpha value is -2.03. The van der Waals surface area contributed by atoms with Crippen molar-refractivity contribution in [2.75, 3.05) is 12.3 Å². The molecule has 0 aliphatic heterocycles. The number of esters is 1. The summed E-state index contributed by atoms with van der Waals surface area (Å²) in [7, 11) is 0. The smallest absolute Gasteiger partial charge is 0.362 e. The average Bonchev–Trinajstić information content (AvgIpc) is 2.47. The molecule has 2 N–H and O–H groups in total. The maximum absolute atomic E-state index is 11.1. The number of nitrogens with two attached hydrogens (primary N) is 1. The molecule has 1 aromatic heterocycles. The summed E-state index contributed by atoms with van der Waals surface area (Å²) < 4.78 is 9.07. The molecule has 0 saturated carbocycles. The van der Waals surface area contributed by atoms with Crippen LogP contribution in [0.4, 0.5) is 5.88 Å². The number of nitrogens with zero attached hydrogens (tertiary/aromatic N) is 2.